The molecular formula is C7H11ClN2. The number of aromatic nitrogens is 2. The summed E-state index contributed by atoms with van der Waals surface area (Å²) in [6, 6.07) is 0. The van der Waals surface area contributed by atoms with Crippen LogP contribution in [0.4, 0.5) is 0 Å². The van der Waals surface area contributed by atoms with Crippen LogP contribution in [0.2, 0.25) is 0 Å². The smallest absolute Gasteiger partial charge is 0.0518 e. The van der Waals surface area contributed by atoms with E-state index in [1.165, 1.54) is 5.56 Å². The SMILES string of the molecule is Cc1cnn(CCCCl)c1. The molecule has 1 rings (SSSR count). The zero-order chi connectivity index (χ0) is 7.40. The Bertz CT molecular complexity index is 195. The van der Waals surface area contributed by atoms with E-state index in [1.54, 1.807) is 0 Å². The van der Waals surface area contributed by atoms with Gasteiger partial charge < -0.3 is 0 Å². The van der Waals surface area contributed by atoms with Crippen LogP contribution < -0.4 is 0 Å². The van der Waals surface area contributed by atoms with Crippen molar-refractivity contribution in [2.45, 2.75) is 19.9 Å². The van der Waals surface area contributed by atoms with E-state index in [9.17, 15) is 0 Å². The highest BCUT2D eigenvalue weighted by atomic mass is 35.5. The molecule has 56 valence electrons. The van der Waals surface area contributed by atoms with Crippen LogP contribution >= 0.6 is 11.6 Å². The van der Waals surface area contributed by atoms with Gasteiger partial charge in [0.15, 0.2) is 0 Å². The van der Waals surface area contributed by atoms with Crippen LogP contribution in [0.25, 0.3) is 0 Å². The van der Waals surface area contributed by atoms with E-state index in [-0.39, 0.29) is 0 Å². The minimum absolute atomic E-state index is 0.707. The fraction of sp³-hybridized carbons (Fsp3) is 0.571. The first-order chi connectivity index (χ1) is 4.83. The standard InChI is InChI=1S/C7H11ClN2/c1-7-5-9-10(6-7)4-2-3-8/h5-6H,2-4H2,1H3. The van der Waals surface area contributed by atoms with E-state index in [4.69, 9.17) is 11.6 Å². The molecule has 0 saturated heterocycles. The molecule has 1 heterocycles. The third-order valence-electron chi connectivity index (χ3n) is 1.28. The Morgan fingerprint density at radius 2 is 2.50 bits per heavy atom. The Kier molecular flexibility index (Phi) is 2.75. The van der Waals surface area contributed by atoms with Crippen LogP contribution in [-0.4, -0.2) is 15.7 Å². The molecule has 0 saturated carbocycles. The fourth-order valence-corrected chi connectivity index (χ4v) is 0.931. The molecule has 0 radical (unpaired) electrons. The maximum Gasteiger partial charge on any atom is 0.0518 e. The van der Waals surface area contributed by atoms with Crippen LogP contribution in [0.3, 0.4) is 0 Å². The molecule has 0 aliphatic heterocycles. The van der Waals surface area contributed by atoms with Crippen molar-refractivity contribution in [2.24, 2.45) is 0 Å². The molecule has 0 aliphatic rings. The molecule has 3 heteroatoms. The van der Waals surface area contributed by atoms with E-state index < -0.39 is 0 Å². The van der Waals surface area contributed by atoms with Gasteiger partial charge in [-0.25, -0.2) is 0 Å². The van der Waals surface area contributed by atoms with Crippen molar-refractivity contribution in [3.63, 3.8) is 0 Å². The summed E-state index contributed by atoms with van der Waals surface area (Å²) >= 11 is 5.52. The molecule has 10 heavy (non-hydrogen) atoms. The summed E-state index contributed by atoms with van der Waals surface area (Å²) in [7, 11) is 0. The van der Waals surface area contributed by atoms with Gasteiger partial charge in [-0.15, -0.1) is 11.6 Å². The summed E-state index contributed by atoms with van der Waals surface area (Å²) in [5.41, 5.74) is 1.20. The van der Waals surface area contributed by atoms with E-state index >= 15 is 0 Å². The third kappa shape index (κ3) is 2.03. The van der Waals surface area contributed by atoms with Gasteiger partial charge in [-0.05, 0) is 18.9 Å². The highest BCUT2D eigenvalue weighted by molar-refractivity contribution is 6.17. The number of halogens is 1. The van der Waals surface area contributed by atoms with Crippen molar-refractivity contribution >= 4 is 11.6 Å². The largest absolute Gasteiger partial charge is 0.272 e. The van der Waals surface area contributed by atoms with Crippen molar-refractivity contribution in [2.75, 3.05) is 5.88 Å². The highest BCUT2D eigenvalue weighted by Crippen LogP contribution is 1.96. The van der Waals surface area contributed by atoms with Crippen LogP contribution in [0.5, 0.6) is 0 Å². The monoisotopic (exact) mass is 158 g/mol. The molecule has 1 aromatic rings. The van der Waals surface area contributed by atoms with Gasteiger partial charge in [0.2, 0.25) is 0 Å². The summed E-state index contributed by atoms with van der Waals surface area (Å²) in [5, 5.41) is 4.11. The lowest BCUT2D eigenvalue weighted by Gasteiger charge is -1.95. The van der Waals surface area contributed by atoms with Crippen LogP contribution in [0.1, 0.15) is 12.0 Å². The van der Waals surface area contributed by atoms with E-state index in [0.717, 1.165) is 13.0 Å². The maximum absolute atomic E-state index is 5.52. The Labute approximate surface area is 65.8 Å². The van der Waals surface area contributed by atoms with Gasteiger partial charge in [-0.2, -0.15) is 5.10 Å². The molecule has 0 unspecified atom stereocenters. The van der Waals surface area contributed by atoms with E-state index in [1.807, 2.05) is 24.0 Å². The average molecular weight is 159 g/mol. The van der Waals surface area contributed by atoms with Gasteiger partial charge >= 0.3 is 0 Å². The molecule has 0 aliphatic carbocycles. The Morgan fingerprint density at radius 1 is 1.70 bits per heavy atom. The highest BCUT2D eigenvalue weighted by Gasteiger charge is 1.91. The lowest BCUT2D eigenvalue weighted by Crippen LogP contribution is -1.97. The van der Waals surface area contributed by atoms with Gasteiger partial charge in [0.25, 0.3) is 0 Å². The molecule has 1 aromatic heterocycles. The Balaban J connectivity index is 2.42. The third-order valence-corrected chi connectivity index (χ3v) is 1.55. The predicted molar refractivity (Wildman–Crippen MR) is 42.3 cm³/mol. The summed E-state index contributed by atoms with van der Waals surface area (Å²) in [5.74, 6) is 0.707. The molecule has 0 N–H and O–H groups in total. The number of nitrogens with zero attached hydrogens (tertiary/aromatic N) is 2. The second kappa shape index (κ2) is 3.62. The average Bonchev–Trinajstić information content (AvgIpc) is 2.31. The number of hydrogen-bond donors (Lipinski definition) is 0. The first-order valence-corrected chi connectivity index (χ1v) is 3.91. The zero-order valence-electron chi connectivity index (χ0n) is 6.05. The summed E-state index contributed by atoms with van der Waals surface area (Å²) in [6.07, 6.45) is 4.86. The van der Waals surface area contributed by atoms with Crippen molar-refractivity contribution in [3.05, 3.63) is 18.0 Å². The quantitative estimate of drug-likeness (QED) is 0.614. The topological polar surface area (TPSA) is 17.8 Å². The van der Waals surface area contributed by atoms with Crippen LogP contribution in [0.15, 0.2) is 12.4 Å². The molecule has 0 aromatic carbocycles. The maximum atomic E-state index is 5.52. The molecule has 0 atom stereocenters. The van der Waals surface area contributed by atoms with E-state index in [2.05, 4.69) is 5.10 Å². The van der Waals surface area contributed by atoms with E-state index in [0.29, 0.717) is 5.88 Å². The predicted octanol–water partition coefficient (Wildman–Crippen LogP) is 1.82. The second-order valence-electron chi connectivity index (χ2n) is 2.32. The molecule has 2 nitrogen and oxygen atoms in total. The number of rotatable bonds is 3. The van der Waals surface area contributed by atoms with Crippen molar-refractivity contribution in [3.8, 4) is 0 Å². The molecular weight excluding hydrogens is 148 g/mol. The van der Waals surface area contributed by atoms with Gasteiger partial charge in [0, 0.05) is 18.6 Å². The number of aryl methyl sites for hydroxylation is 2. The lowest BCUT2D eigenvalue weighted by molar-refractivity contribution is 0.605. The fourth-order valence-electron chi connectivity index (χ4n) is 0.811. The summed E-state index contributed by atoms with van der Waals surface area (Å²) in [6.45, 7) is 2.96. The van der Waals surface area contributed by atoms with Gasteiger partial charge in [0.05, 0.1) is 6.20 Å². The number of alkyl halides is 1. The molecule has 0 spiro atoms. The Morgan fingerprint density at radius 3 is 3.00 bits per heavy atom. The summed E-state index contributed by atoms with van der Waals surface area (Å²) < 4.78 is 1.91. The van der Waals surface area contributed by atoms with Crippen molar-refractivity contribution in [1.82, 2.24) is 9.78 Å². The molecule has 0 fully saturated rings. The molecule has 0 amide bonds. The number of hydrogen-bond acceptors (Lipinski definition) is 1. The van der Waals surface area contributed by atoms with Crippen molar-refractivity contribution in [1.29, 1.82) is 0 Å². The van der Waals surface area contributed by atoms with Crippen LogP contribution in [0, 0.1) is 6.92 Å². The minimum Gasteiger partial charge on any atom is -0.272 e. The summed E-state index contributed by atoms with van der Waals surface area (Å²) in [4.78, 5) is 0. The lowest BCUT2D eigenvalue weighted by atomic mass is 10.4. The first-order valence-electron chi connectivity index (χ1n) is 3.38. The Hall–Kier alpha value is -0.500. The first kappa shape index (κ1) is 7.61. The van der Waals surface area contributed by atoms with Crippen LogP contribution in [-0.2, 0) is 6.54 Å². The van der Waals surface area contributed by atoms with Gasteiger partial charge in [0.1, 0.15) is 0 Å². The molecule has 0 bridgehead atoms. The van der Waals surface area contributed by atoms with Crippen molar-refractivity contribution < 1.29 is 0 Å². The minimum atomic E-state index is 0.707. The van der Waals surface area contributed by atoms with Gasteiger partial charge in [-0.1, -0.05) is 0 Å². The second-order valence-corrected chi connectivity index (χ2v) is 2.70. The van der Waals surface area contributed by atoms with Gasteiger partial charge in [-0.3, -0.25) is 4.68 Å². The zero-order valence-corrected chi connectivity index (χ0v) is 6.80. The normalized spacial score (nSPS) is 10.2.